The summed E-state index contributed by atoms with van der Waals surface area (Å²) in [4.78, 5) is 0. The summed E-state index contributed by atoms with van der Waals surface area (Å²) in [6.45, 7) is 1.92. The lowest BCUT2D eigenvalue weighted by Crippen LogP contribution is -1.94. The van der Waals surface area contributed by atoms with Gasteiger partial charge in [-0.3, -0.25) is 4.57 Å². The van der Waals surface area contributed by atoms with E-state index >= 15 is 0 Å². The van der Waals surface area contributed by atoms with Crippen LogP contribution in [0, 0.1) is 6.92 Å². The second-order valence-electron chi connectivity index (χ2n) is 3.17. The summed E-state index contributed by atoms with van der Waals surface area (Å²) < 4.78 is 1.40. The van der Waals surface area contributed by atoms with Crippen molar-refractivity contribution in [2.24, 2.45) is 0 Å². The highest BCUT2D eigenvalue weighted by Gasteiger charge is 2.08. The fraction of sp³-hybridized carbons (Fsp3) is 0.0909. The van der Waals surface area contributed by atoms with Gasteiger partial charge < -0.3 is 10.2 Å². The van der Waals surface area contributed by atoms with Crippen LogP contribution in [-0.4, -0.2) is 14.8 Å². The number of rotatable bonds is 1. The minimum Gasteiger partial charge on any atom is -0.494 e. The summed E-state index contributed by atoms with van der Waals surface area (Å²) in [5.74, 6) is 0.0774. The van der Waals surface area contributed by atoms with Crippen LogP contribution in [0.4, 0.5) is 0 Å². The standard InChI is InChI=1S/C11H11NO2/c1-8-4-2-3-5-9(8)12-10(13)6-7-11(12)14/h2-7,13-14H,1H3. The highest BCUT2D eigenvalue weighted by Crippen LogP contribution is 2.27. The first kappa shape index (κ1) is 8.69. The van der Waals surface area contributed by atoms with Crippen LogP contribution in [0.1, 0.15) is 5.56 Å². The SMILES string of the molecule is Cc1ccccc1-n1c(O)ccc1O. The maximum absolute atomic E-state index is 9.51. The third-order valence-electron chi connectivity index (χ3n) is 2.20. The zero-order valence-corrected chi connectivity index (χ0v) is 7.81. The van der Waals surface area contributed by atoms with Crippen molar-refractivity contribution in [3.8, 4) is 17.4 Å². The van der Waals surface area contributed by atoms with Crippen molar-refractivity contribution in [3.05, 3.63) is 42.0 Å². The molecular formula is C11H11NO2. The minimum atomic E-state index is 0.0387. The van der Waals surface area contributed by atoms with E-state index in [4.69, 9.17) is 0 Å². The van der Waals surface area contributed by atoms with Gasteiger partial charge in [0.05, 0.1) is 5.69 Å². The maximum atomic E-state index is 9.51. The van der Waals surface area contributed by atoms with Crippen LogP contribution in [0.5, 0.6) is 11.8 Å². The Morgan fingerprint density at radius 1 is 0.929 bits per heavy atom. The van der Waals surface area contributed by atoms with Gasteiger partial charge in [0.2, 0.25) is 0 Å². The summed E-state index contributed by atoms with van der Waals surface area (Å²) in [5.41, 5.74) is 1.78. The molecule has 3 nitrogen and oxygen atoms in total. The molecule has 1 heterocycles. The molecule has 2 N–H and O–H groups in total. The van der Waals surface area contributed by atoms with Gasteiger partial charge in [-0.15, -0.1) is 0 Å². The third kappa shape index (κ3) is 1.23. The quantitative estimate of drug-likeness (QED) is 0.722. The summed E-state index contributed by atoms with van der Waals surface area (Å²) in [6.07, 6.45) is 0. The van der Waals surface area contributed by atoms with Crippen molar-refractivity contribution in [1.29, 1.82) is 0 Å². The minimum absolute atomic E-state index is 0.0387. The Bertz CT molecular complexity index is 441. The van der Waals surface area contributed by atoms with E-state index in [0.717, 1.165) is 11.3 Å². The Labute approximate surface area is 81.9 Å². The number of aromatic nitrogens is 1. The highest BCUT2D eigenvalue weighted by atomic mass is 16.3. The first-order valence-electron chi connectivity index (χ1n) is 4.36. The summed E-state index contributed by atoms with van der Waals surface area (Å²) in [7, 11) is 0. The average Bonchev–Trinajstić information content (AvgIpc) is 2.48. The van der Waals surface area contributed by atoms with Crippen LogP contribution in [0.2, 0.25) is 0 Å². The molecule has 0 fully saturated rings. The number of hydrogen-bond donors (Lipinski definition) is 2. The molecule has 0 amide bonds. The molecule has 0 spiro atoms. The molecule has 0 aliphatic heterocycles. The van der Waals surface area contributed by atoms with Crippen LogP contribution < -0.4 is 0 Å². The van der Waals surface area contributed by atoms with E-state index in [1.54, 1.807) is 0 Å². The Morgan fingerprint density at radius 2 is 1.50 bits per heavy atom. The molecule has 0 saturated heterocycles. The molecule has 0 aliphatic carbocycles. The van der Waals surface area contributed by atoms with Gasteiger partial charge in [-0.1, -0.05) is 18.2 Å². The van der Waals surface area contributed by atoms with Gasteiger partial charge in [0.1, 0.15) is 0 Å². The highest BCUT2D eigenvalue weighted by molar-refractivity contribution is 5.46. The first-order chi connectivity index (χ1) is 6.70. The predicted octanol–water partition coefficient (Wildman–Crippen LogP) is 2.20. The largest absolute Gasteiger partial charge is 0.494 e. The van der Waals surface area contributed by atoms with Gasteiger partial charge in [0, 0.05) is 12.1 Å². The van der Waals surface area contributed by atoms with Crippen LogP contribution in [0.15, 0.2) is 36.4 Å². The summed E-state index contributed by atoms with van der Waals surface area (Å²) in [6, 6.07) is 10.5. The normalized spacial score (nSPS) is 10.4. The van der Waals surface area contributed by atoms with E-state index in [-0.39, 0.29) is 11.8 Å². The van der Waals surface area contributed by atoms with Gasteiger partial charge in [-0.2, -0.15) is 0 Å². The van der Waals surface area contributed by atoms with Crippen molar-refractivity contribution in [2.75, 3.05) is 0 Å². The Balaban J connectivity index is 2.66. The Morgan fingerprint density at radius 3 is 2.07 bits per heavy atom. The smallest absolute Gasteiger partial charge is 0.198 e. The fourth-order valence-corrected chi connectivity index (χ4v) is 1.48. The lowest BCUT2D eigenvalue weighted by Gasteiger charge is -2.09. The topological polar surface area (TPSA) is 45.4 Å². The van der Waals surface area contributed by atoms with Gasteiger partial charge in [-0.05, 0) is 18.6 Å². The number of aryl methyl sites for hydroxylation is 1. The second-order valence-corrected chi connectivity index (χ2v) is 3.17. The molecule has 2 aromatic rings. The van der Waals surface area contributed by atoms with E-state index in [9.17, 15) is 10.2 Å². The van der Waals surface area contributed by atoms with Crippen molar-refractivity contribution < 1.29 is 10.2 Å². The number of hydrogen-bond acceptors (Lipinski definition) is 2. The van der Waals surface area contributed by atoms with Crippen LogP contribution in [0.3, 0.4) is 0 Å². The van der Waals surface area contributed by atoms with E-state index in [2.05, 4.69) is 0 Å². The molecule has 0 aliphatic rings. The molecule has 0 radical (unpaired) electrons. The molecule has 0 unspecified atom stereocenters. The molecular weight excluding hydrogens is 178 g/mol. The van der Waals surface area contributed by atoms with E-state index in [0.29, 0.717) is 0 Å². The van der Waals surface area contributed by atoms with Crippen molar-refractivity contribution >= 4 is 0 Å². The predicted molar refractivity (Wildman–Crippen MR) is 53.8 cm³/mol. The zero-order chi connectivity index (χ0) is 10.1. The zero-order valence-electron chi connectivity index (χ0n) is 7.81. The van der Waals surface area contributed by atoms with Gasteiger partial charge in [-0.25, -0.2) is 0 Å². The molecule has 1 aromatic heterocycles. The molecule has 72 valence electrons. The molecule has 1 aromatic carbocycles. The fourth-order valence-electron chi connectivity index (χ4n) is 1.48. The van der Waals surface area contributed by atoms with E-state index in [1.807, 2.05) is 31.2 Å². The number of aromatic hydroxyl groups is 2. The summed E-state index contributed by atoms with van der Waals surface area (Å²) in [5, 5.41) is 19.0. The second kappa shape index (κ2) is 3.10. The molecule has 2 rings (SSSR count). The molecule has 0 saturated carbocycles. The number of para-hydroxylation sites is 1. The van der Waals surface area contributed by atoms with Crippen molar-refractivity contribution in [2.45, 2.75) is 6.92 Å². The Kier molecular flexibility index (Phi) is 1.93. The first-order valence-corrected chi connectivity index (χ1v) is 4.36. The Hall–Kier alpha value is -1.90. The maximum Gasteiger partial charge on any atom is 0.198 e. The van der Waals surface area contributed by atoms with E-state index < -0.39 is 0 Å². The van der Waals surface area contributed by atoms with Crippen molar-refractivity contribution in [3.63, 3.8) is 0 Å². The van der Waals surface area contributed by atoms with Crippen LogP contribution in [0.25, 0.3) is 5.69 Å². The van der Waals surface area contributed by atoms with Crippen molar-refractivity contribution in [1.82, 2.24) is 4.57 Å². The molecule has 0 bridgehead atoms. The molecule has 0 atom stereocenters. The lowest BCUT2D eigenvalue weighted by atomic mass is 10.2. The average molecular weight is 189 g/mol. The van der Waals surface area contributed by atoms with E-state index in [1.165, 1.54) is 16.7 Å². The van der Waals surface area contributed by atoms with Gasteiger partial charge >= 0.3 is 0 Å². The van der Waals surface area contributed by atoms with Crippen LogP contribution in [-0.2, 0) is 0 Å². The van der Waals surface area contributed by atoms with Crippen LogP contribution >= 0.6 is 0 Å². The molecule has 14 heavy (non-hydrogen) atoms. The monoisotopic (exact) mass is 189 g/mol. The third-order valence-corrected chi connectivity index (χ3v) is 2.20. The summed E-state index contributed by atoms with van der Waals surface area (Å²) >= 11 is 0. The number of benzene rings is 1. The molecule has 3 heteroatoms. The van der Waals surface area contributed by atoms with Gasteiger partial charge in [0.25, 0.3) is 0 Å². The van der Waals surface area contributed by atoms with Gasteiger partial charge in [0.15, 0.2) is 11.8 Å². The number of nitrogens with zero attached hydrogens (tertiary/aromatic N) is 1. The lowest BCUT2D eigenvalue weighted by molar-refractivity contribution is 0.402.